The van der Waals surface area contributed by atoms with E-state index in [4.69, 9.17) is 14.4 Å². The molecule has 0 aliphatic carbocycles. The molecule has 0 unspecified atom stereocenters. The fraction of sp³-hybridized carbons (Fsp3) is 0.400. The van der Waals surface area contributed by atoms with Crippen LogP contribution >= 0.6 is 0 Å². The predicted octanol–water partition coefficient (Wildman–Crippen LogP) is 4.66. The lowest BCUT2D eigenvalue weighted by molar-refractivity contribution is 0.334. The Labute approximate surface area is 187 Å². The zero-order valence-electron chi connectivity index (χ0n) is 19.2. The highest BCUT2D eigenvalue weighted by Crippen LogP contribution is 2.34. The lowest BCUT2D eigenvalue weighted by Gasteiger charge is -2.28. The molecule has 0 saturated carbocycles. The summed E-state index contributed by atoms with van der Waals surface area (Å²) in [6, 6.07) is 11.7. The SMILES string of the molecule is Cc1nc2cc(O)c(-c3ccc4nc(N5C[C@H](NC(C)(C)C)[C@@H](C)C5)ccc4n3)cc2o1. The van der Waals surface area contributed by atoms with Gasteiger partial charge in [-0.2, -0.15) is 0 Å². The van der Waals surface area contributed by atoms with Gasteiger partial charge in [-0.1, -0.05) is 6.92 Å². The van der Waals surface area contributed by atoms with Gasteiger partial charge in [0.2, 0.25) is 0 Å². The molecule has 0 amide bonds. The van der Waals surface area contributed by atoms with Gasteiger partial charge in [-0.25, -0.2) is 15.0 Å². The van der Waals surface area contributed by atoms with Crippen LogP contribution in [0.5, 0.6) is 5.75 Å². The van der Waals surface area contributed by atoms with Crippen LogP contribution in [0.25, 0.3) is 33.4 Å². The van der Waals surface area contributed by atoms with Crippen LogP contribution in [0.4, 0.5) is 5.82 Å². The van der Waals surface area contributed by atoms with Gasteiger partial charge in [0, 0.05) is 43.2 Å². The molecule has 0 bridgehead atoms. The number of phenolic OH excluding ortho intramolecular Hbond substituents is 1. The van der Waals surface area contributed by atoms with Gasteiger partial charge in [-0.15, -0.1) is 0 Å². The summed E-state index contributed by atoms with van der Waals surface area (Å²) in [6.07, 6.45) is 0. The summed E-state index contributed by atoms with van der Waals surface area (Å²) in [4.78, 5) is 16.2. The zero-order valence-corrected chi connectivity index (χ0v) is 19.2. The number of aryl methyl sites for hydroxylation is 1. The number of hydrogen-bond donors (Lipinski definition) is 2. The second kappa shape index (κ2) is 7.45. The number of pyridine rings is 2. The number of anilines is 1. The Morgan fingerprint density at radius 2 is 1.75 bits per heavy atom. The molecule has 2 N–H and O–H groups in total. The van der Waals surface area contributed by atoms with Gasteiger partial charge in [-0.3, -0.25) is 0 Å². The molecule has 0 spiro atoms. The number of aromatic nitrogens is 3. The fourth-order valence-corrected chi connectivity index (χ4v) is 4.51. The van der Waals surface area contributed by atoms with Gasteiger partial charge in [-0.05, 0) is 57.0 Å². The molecule has 1 aliphatic heterocycles. The van der Waals surface area contributed by atoms with Crippen LogP contribution in [0.3, 0.4) is 0 Å². The topological polar surface area (TPSA) is 87.3 Å². The lowest BCUT2D eigenvalue weighted by Crippen LogP contribution is -2.47. The molecule has 1 aliphatic rings. The standard InChI is InChI=1S/C25H29N5O2/c1-14-12-30(13-21(14)29-25(3,4)5)24-9-8-18-19(28-24)7-6-17(27-18)16-10-23-20(11-22(16)31)26-15(2)32-23/h6-11,14,21,29,31H,12-13H2,1-5H3/t14-,21-/m0/s1. The van der Waals surface area contributed by atoms with E-state index < -0.39 is 0 Å². The third-order valence-electron chi connectivity index (χ3n) is 5.97. The Morgan fingerprint density at radius 3 is 2.53 bits per heavy atom. The smallest absolute Gasteiger partial charge is 0.192 e. The van der Waals surface area contributed by atoms with Crippen molar-refractivity contribution in [1.82, 2.24) is 20.3 Å². The van der Waals surface area contributed by atoms with E-state index in [0.717, 1.165) is 29.9 Å². The predicted molar refractivity (Wildman–Crippen MR) is 127 cm³/mol. The molecular formula is C25H29N5O2. The second-order valence-corrected chi connectivity index (χ2v) is 9.86. The van der Waals surface area contributed by atoms with Crippen molar-refractivity contribution in [2.45, 2.75) is 46.2 Å². The molecule has 7 heteroatoms. The van der Waals surface area contributed by atoms with Crippen molar-refractivity contribution in [3.05, 3.63) is 42.3 Å². The number of phenols is 1. The molecule has 7 nitrogen and oxygen atoms in total. The summed E-state index contributed by atoms with van der Waals surface area (Å²) < 4.78 is 5.62. The number of aromatic hydroxyl groups is 1. The Balaban J connectivity index is 1.44. The van der Waals surface area contributed by atoms with Crippen molar-refractivity contribution in [2.75, 3.05) is 18.0 Å². The largest absolute Gasteiger partial charge is 0.507 e. The average molecular weight is 432 g/mol. The van der Waals surface area contributed by atoms with Crippen molar-refractivity contribution < 1.29 is 9.52 Å². The number of rotatable bonds is 3. The normalized spacial score (nSPS) is 19.3. The van der Waals surface area contributed by atoms with Crippen LogP contribution in [0.2, 0.25) is 0 Å². The first-order valence-corrected chi connectivity index (χ1v) is 11.1. The van der Waals surface area contributed by atoms with E-state index in [-0.39, 0.29) is 11.3 Å². The first-order valence-electron chi connectivity index (χ1n) is 11.1. The fourth-order valence-electron chi connectivity index (χ4n) is 4.51. The van der Waals surface area contributed by atoms with E-state index in [0.29, 0.717) is 40.2 Å². The number of nitrogens with one attached hydrogen (secondary N) is 1. The minimum Gasteiger partial charge on any atom is -0.507 e. The van der Waals surface area contributed by atoms with Crippen molar-refractivity contribution in [1.29, 1.82) is 0 Å². The highest BCUT2D eigenvalue weighted by Gasteiger charge is 2.32. The zero-order chi connectivity index (χ0) is 22.6. The molecule has 0 radical (unpaired) electrons. The number of fused-ring (bicyclic) bond motifs is 2. The Morgan fingerprint density at radius 1 is 1.00 bits per heavy atom. The first kappa shape index (κ1) is 20.7. The third-order valence-corrected chi connectivity index (χ3v) is 5.97. The van der Waals surface area contributed by atoms with Gasteiger partial charge in [0.25, 0.3) is 0 Å². The summed E-state index contributed by atoms with van der Waals surface area (Å²) in [7, 11) is 0. The molecule has 32 heavy (non-hydrogen) atoms. The van der Waals surface area contributed by atoms with Crippen molar-refractivity contribution in [3.8, 4) is 17.0 Å². The van der Waals surface area contributed by atoms with Gasteiger partial charge in [0.05, 0.1) is 16.7 Å². The number of hydrogen-bond acceptors (Lipinski definition) is 7. The molecule has 4 aromatic rings. The van der Waals surface area contributed by atoms with Crippen LogP contribution in [-0.2, 0) is 0 Å². The maximum Gasteiger partial charge on any atom is 0.192 e. The summed E-state index contributed by atoms with van der Waals surface area (Å²) in [5.41, 5.74) is 4.26. The Hall–Kier alpha value is -3.19. The molecule has 166 valence electrons. The number of benzene rings is 1. The molecular weight excluding hydrogens is 402 g/mol. The molecule has 5 rings (SSSR count). The quantitative estimate of drug-likeness (QED) is 0.488. The minimum absolute atomic E-state index is 0.0883. The highest BCUT2D eigenvalue weighted by atomic mass is 16.3. The molecule has 1 saturated heterocycles. The molecule has 1 fully saturated rings. The summed E-state index contributed by atoms with van der Waals surface area (Å²) in [5, 5.41) is 14.2. The monoisotopic (exact) mass is 431 g/mol. The second-order valence-electron chi connectivity index (χ2n) is 9.86. The molecule has 4 heterocycles. The van der Waals surface area contributed by atoms with Crippen LogP contribution in [0.1, 0.15) is 33.6 Å². The van der Waals surface area contributed by atoms with E-state index in [1.807, 2.05) is 24.3 Å². The maximum atomic E-state index is 10.5. The summed E-state index contributed by atoms with van der Waals surface area (Å²) in [5.74, 6) is 2.21. The van der Waals surface area contributed by atoms with Gasteiger partial charge in [0.15, 0.2) is 11.5 Å². The van der Waals surface area contributed by atoms with Gasteiger partial charge in [0.1, 0.15) is 17.1 Å². The average Bonchev–Trinajstić information content (AvgIpc) is 3.26. The molecule has 2 atom stereocenters. The van der Waals surface area contributed by atoms with Crippen LogP contribution in [0.15, 0.2) is 40.8 Å². The number of oxazole rings is 1. The van der Waals surface area contributed by atoms with E-state index >= 15 is 0 Å². The minimum atomic E-state index is 0.0883. The van der Waals surface area contributed by atoms with Crippen LogP contribution in [0, 0.1) is 12.8 Å². The van der Waals surface area contributed by atoms with Crippen molar-refractivity contribution >= 4 is 28.0 Å². The lowest BCUT2D eigenvalue weighted by atomic mass is 10.0. The van der Waals surface area contributed by atoms with Crippen LogP contribution in [-0.4, -0.2) is 44.7 Å². The maximum absolute atomic E-state index is 10.5. The highest BCUT2D eigenvalue weighted by molar-refractivity contribution is 5.86. The first-order chi connectivity index (χ1) is 15.2. The summed E-state index contributed by atoms with van der Waals surface area (Å²) >= 11 is 0. The summed E-state index contributed by atoms with van der Waals surface area (Å²) in [6.45, 7) is 12.6. The number of nitrogens with zero attached hydrogens (tertiary/aromatic N) is 4. The Bertz CT molecular complexity index is 1310. The van der Waals surface area contributed by atoms with E-state index in [1.165, 1.54) is 0 Å². The van der Waals surface area contributed by atoms with Gasteiger partial charge < -0.3 is 19.7 Å². The van der Waals surface area contributed by atoms with Gasteiger partial charge >= 0.3 is 0 Å². The molecule has 3 aromatic heterocycles. The van der Waals surface area contributed by atoms with E-state index in [9.17, 15) is 5.11 Å². The van der Waals surface area contributed by atoms with Crippen molar-refractivity contribution in [2.24, 2.45) is 5.92 Å². The Kier molecular flexibility index (Phi) is 4.82. The third kappa shape index (κ3) is 3.88. The van der Waals surface area contributed by atoms with E-state index in [2.05, 4.69) is 42.9 Å². The van der Waals surface area contributed by atoms with Crippen LogP contribution < -0.4 is 10.2 Å². The van der Waals surface area contributed by atoms with Crippen molar-refractivity contribution in [3.63, 3.8) is 0 Å². The molecule has 1 aromatic carbocycles. The van der Waals surface area contributed by atoms with E-state index in [1.54, 1.807) is 19.1 Å².